The molecule has 2 aromatic carbocycles. The maximum Gasteiger partial charge on any atom is 0.269 e. The fourth-order valence-electron chi connectivity index (χ4n) is 2.53. The van der Waals surface area contributed by atoms with Gasteiger partial charge in [0, 0.05) is 5.69 Å². The molecule has 0 saturated heterocycles. The number of carbonyl (C=O) groups excluding carboxylic acids is 1. The quantitative estimate of drug-likeness (QED) is 0.905. The normalized spacial score (nSPS) is 19.3. The van der Waals surface area contributed by atoms with E-state index >= 15 is 0 Å². The van der Waals surface area contributed by atoms with Gasteiger partial charge in [-0.05, 0) is 43.3 Å². The van der Waals surface area contributed by atoms with Crippen LogP contribution in [0.25, 0.3) is 0 Å². The van der Waals surface area contributed by atoms with Gasteiger partial charge in [0.1, 0.15) is 6.10 Å². The van der Waals surface area contributed by atoms with Crippen molar-refractivity contribution in [2.24, 2.45) is 0 Å². The summed E-state index contributed by atoms with van der Waals surface area (Å²) in [5.41, 5.74) is 0.495. The van der Waals surface area contributed by atoms with Crippen molar-refractivity contribution >= 4 is 21.4 Å². The number of sulfone groups is 1. The van der Waals surface area contributed by atoms with Gasteiger partial charge in [-0.1, -0.05) is 19.1 Å². The van der Waals surface area contributed by atoms with Crippen LogP contribution < -0.4 is 14.8 Å². The molecule has 2 aromatic rings. The Labute approximate surface area is 146 Å². The molecular weight excluding hydrogens is 342 g/mol. The van der Waals surface area contributed by atoms with Crippen molar-refractivity contribution in [1.82, 2.24) is 0 Å². The molecule has 1 heterocycles. The molecule has 0 spiro atoms. The molecule has 1 aliphatic rings. The molecule has 132 valence electrons. The number of para-hydroxylation sites is 2. The third-order valence-corrected chi connectivity index (χ3v) is 5.71. The molecule has 1 N–H and O–H groups in total. The molecule has 6 nitrogen and oxygen atoms in total. The minimum Gasteiger partial charge on any atom is -0.482 e. The van der Waals surface area contributed by atoms with Crippen LogP contribution in [0.15, 0.2) is 53.4 Å². The van der Waals surface area contributed by atoms with E-state index < -0.39 is 22.0 Å². The van der Waals surface area contributed by atoms with Gasteiger partial charge in [0.25, 0.3) is 5.91 Å². The van der Waals surface area contributed by atoms with Gasteiger partial charge >= 0.3 is 0 Å². The fourth-order valence-corrected chi connectivity index (χ4v) is 3.42. The molecule has 0 aromatic heterocycles. The predicted molar refractivity (Wildman–Crippen MR) is 93.7 cm³/mol. The summed E-state index contributed by atoms with van der Waals surface area (Å²) in [5.74, 6) is 0.800. The fraction of sp³-hybridized carbons (Fsp3) is 0.278. The molecule has 7 heteroatoms. The largest absolute Gasteiger partial charge is 0.482 e. The average Bonchev–Trinajstić information content (AvgIpc) is 2.61. The number of hydrogen-bond donors (Lipinski definition) is 1. The Balaban J connectivity index is 1.72. The smallest absolute Gasteiger partial charge is 0.269 e. The molecule has 0 unspecified atom stereocenters. The summed E-state index contributed by atoms with van der Waals surface area (Å²) in [4.78, 5) is 12.7. The second kappa shape index (κ2) is 6.76. The van der Waals surface area contributed by atoms with Gasteiger partial charge in [0.2, 0.25) is 6.10 Å². The van der Waals surface area contributed by atoms with E-state index in [9.17, 15) is 13.2 Å². The first-order valence-corrected chi connectivity index (χ1v) is 9.62. The van der Waals surface area contributed by atoms with Crippen LogP contribution in [0.3, 0.4) is 0 Å². The molecule has 0 fully saturated rings. The summed E-state index contributed by atoms with van der Waals surface area (Å²) >= 11 is 0. The van der Waals surface area contributed by atoms with Crippen LogP contribution >= 0.6 is 0 Å². The van der Waals surface area contributed by atoms with Gasteiger partial charge in [-0.25, -0.2) is 8.42 Å². The molecule has 2 atom stereocenters. The van der Waals surface area contributed by atoms with Crippen LogP contribution in [0.5, 0.6) is 11.5 Å². The van der Waals surface area contributed by atoms with Crippen molar-refractivity contribution in [1.29, 1.82) is 0 Å². The van der Waals surface area contributed by atoms with Crippen molar-refractivity contribution in [3.8, 4) is 11.5 Å². The van der Waals surface area contributed by atoms with E-state index in [2.05, 4.69) is 5.32 Å². The maximum atomic E-state index is 12.5. The van der Waals surface area contributed by atoms with Crippen LogP contribution in [-0.2, 0) is 14.6 Å². The zero-order valence-corrected chi connectivity index (χ0v) is 14.7. The number of hydrogen-bond acceptors (Lipinski definition) is 5. The van der Waals surface area contributed by atoms with Gasteiger partial charge in [0.15, 0.2) is 21.3 Å². The van der Waals surface area contributed by atoms with Gasteiger partial charge in [0.05, 0.1) is 10.6 Å². The van der Waals surface area contributed by atoms with Crippen molar-refractivity contribution in [2.75, 3.05) is 11.1 Å². The van der Waals surface area contributed by atoms with Gasteiger partial charge in [-0.3, -0.25) is 4.79 Å². The number of nitrogens with one attached hydrogen (secondary N) is 1. The van der Waals surface area contributed by atoms with Crippen molar-refractivity contribution < 1.29 is 22.7 Å². The highest BCUT2D eigenvalue weighted by atomic mass is 32.2. The summed E-state index contributed by atoms with van der Waals surface area (Å²) in [6.07, 6.45) is -1.25. The molecule has 0 radical (unpaired) electrons. The second-order valence-electron chi connectivity index (χ2n) is 5.73. The number of fused-ring (bicyclic) bond motifs is 1. The van der Waals surface area contributed by atoms with Gasteiger partial charge in [-0.2, -0.15) is 0 Å². The summed E-state index contributed by atoms with van der Waals surface area (Å²) in [5, 5.41) is 2.73. The van der Waals surface area contributed by atoms with Crippen LogP contribution in [-0.4, -0.2) is 32.3 Å². The lowest BCUT2D eigenvalue weighted by molar-refractivity contribution is -0.128. The maximum absolute atomic E-state index is 12.5. The second-order valence-corrected chi connectivity index (χ2v) is 8.00. The SMILES string of the molecule is CCS(=O)(=O)c1ccc(NC(=O)[C@@H]2Oc3ccccc3O[C@@H]2C)cc1. The first-order valence-electron chi connectivity index (χ1n) is 7.97. The summed E-state index contributed by atoms with van der Waals surface area (Å²) in [6.45, 7) is 3.35. The number of ether oxygens (including phenoxy) is 2. The number of benzene rings is 2. The zero-order valence-electron chi connectivity index (χ0n) is 13.9. The lowest BCUT2D eigenvalue weighted by Gasteiger charge is -2.31. The van der Waals surface area contributed by atoms with E-state index in [1.807, 2.05) is 6.07 Å². The number of carbonyl (C=O) groups is 1. The highest BCUT2D eigenvalue weighted by Gasteiger charge is 2.34. The van der Waals surface area contributed by atoms with Crippen LogP contribution in [0.1, 0.15) is 13.8 Å². The predicted octanol–water partition coefficient (Wildman–Crippen LogP) is 2.65. The van der Waals surface area contributed by atoms with E-state index in [1.54, 1.807) is 44.2 Å². The number of anilines is 1. The molecule has 0 saturated carbocycles. The summed E-state index contributed by atoms with van der Waals surface area (Å²) in [6, 6.07) is 13.2. The Hall–Kier alpha value is -2.54. The van der Waals surface area contributed by atoms with Crippen molar-refractivity contribution in [3.05, 3.63) is 48.5 Å². The Morgan fingerprint density at radius 1 is 1.04 bits per heavy atom. The van der Waals surface area contributed by atoms with E-state index in [0.717, 1.165) is 0 Å². The van der Waals surface area contributed by atoms with Crippen LogP contribution in [0, 0.1) is 0 Å². The summed E-state index contributed by atoms with van der Waals surface area (Å²) < 4.78 is 35.1. The first-order chi connectivity index (χ1) is 11.9. The molecule has 0 bridgehead atoms. The highest BCUT2D eigenvalue weighted by molar-refractivity contribution is 7.91. The topological polar surface area (TPSA) is 81.7 Å². The van der Waals surface area contributed by atoms with Crippen LogP contribution in [0.2, 0.25) is 0 Å². The third-order valence-electron chi connectivity index (χ3n) is 3.96. The monoisotopic (exact) mass is 361 g/mol. The molecule has 1 aliphatic heterocycles. The van der Waals surface area contributed by atoms with E-state index in [0.29, 0.717) is 17.2 Å². The summed E-state index contributed by atoms with van der Waals surface area (Å²) in [7, 11) is -3.26. The third kappa shape index (κ3) is 3.61. The van der Waals surface area contributed by atoms with Crippen molar-refractivity contribution in [3.63, 3.8) is 0 Å². The highest BCUT2D eigenvalue weighted by Crippen LogP contribution is 2.33. The molecular formula is C18H19NO5S. The molecule has 0 aliphatic carbocycles. The van der Waals surface area contributed by atoms with E-state index in [-0.39, 0.29) is 16.6 Å². The van der Waals surface area contributed by atoms with Crippen molar-refractivity contribution in [2.45, 2.75) is 31.0 Å². The molecule has 1 amide bonds. The Bertz CT molecular complexity index is 877. The van der Waals surface area contributed by atoms with E-state index in [4.69, 9.17) is 9.47 Å². The van der Waals surface area contributed by atoms with Crippen LogP contribution in [0.4, 0.5) is 5.69 Å². The Morgan fingerprint density at radius 2 is 1.64 bits per heavy atom. The first kappa shape index (κ1) is 17.3. The minimum atomic E-state index is -3.26. The van der Waals surface area contributed by atoms with E-state index in [1.165, 1.54) is 12.1 Å². The lowest BCUT2D eigenvalue weighted by Crippen LogP contribution is -2.46. The standard InChI is InChI=1S/C18H19NO5S/c1-3-25(21,22)14-10-8-13(9-11-14)19-18(20)17-12(2)23-15-6-4-5-7-16(15)24-17/h4-12,17H,3H2,1-2H3,(H,19,20)/t12-,17-/m1/s1. The molecule has 3 rings (SSSR count). The number of rotatable bonds is 4. The van der Waals surface area contributed by atoms with Gasteiger partial charge < -0.3 is 14.8 Å². The minimum absolute atomic E-state index is 0.0306. The molecule has 25 heavy (non-hydrogen) atoms. The lowest BCUT2D eigenvalue weighted by atomic mass is 10.1. The Morgan fingerprint density at radius 3 is 2.24 bits per heavy atom. The Kier molecular flexibility index (Phi) is 4.67. The average molecular weight is 361 g/mol. The van der Waals surface area contributed by atoms with Gasteiger partial charge in [-0.15, -0.1) is 0 Å². The number of amides is 1. The zero-order chi connectivity index (χ0) is 18.0.